The largest absolute Gasteiger partial charge is 0.356 e. The zero-order valence-electron chi connectivity index (χ0n) is 15.7. The van der Waals surface area contributed by atoms with E-state index in [1.165, 1.54) is 29.9 Å². The van der Waals surface area contributed by atoms with Crippen molar-refractivity contribution in [3.8, 4) is 0 Å². The predicted octanol–water partition coefficient (Wildman–Crippen LogP) is 3.58. The Morgan fingerprint density at radius 3 is 2.76 bits per heavy atom. The molecule has 0 aromatic heterocycles. The molecule has 142 valence electrons. The molecule has 0 bridgehead atoms. The molecule has 2 N–H and O–H groups in total. The lowest BCUT2D eigenvalue weighted by molar-refractivity contribution is 0.238. The Morgan fingerprint density at radius 2 is 2.12 bits per heavy atom. The van der Waals surface area contributed by atoms with Crippen LogP contribution < -0.4 is 10.6 Å². The summed E-state index contributed by atoms with van der Waals surface area (Å²) in [4.78, 5) is 6.77. The van der Waals surface area contributed by atoms with Gasteiger partial charge in [-0.3, -0.25) is 9.89 Å². The Labute approximate surface area is 174 Å². The van der Waals surface area contributed by atoms with Crippen LogP contribution in [0.25, 0.3) is 0 Å². The summed E-state index contributed by atoms with van der Waals surface area (Å²) < 4.78 is 0. The van der Waals surface area contributed by atoms with Gasteiger partial charge < -0.3 is 10.6 Å². The third-order valence-corrected chi connectivity index (χ3v) is 5.82. The molecule has 0 saturated carbocycles. The minimum absolute atomic E-state index is 0. The van der Waals surface area contributed by atoms with E-state index in [0.29, 0.717) is 12.1 Å². The van der Waals surface area contributed by atoms with Crippen molar-refractivity contribution in [3.63, 3.8) is 0 Å². The van der Waals surface area contributed by atoms with Gasteiger partial charge >= 0.3 is 0 Å². The van der Waals surface area contributed by atoms with Crippen LogP contribution in [0, 0.1) is 0 Å². The van der Waals surface area contributed by atoms with Crippen molar-refractivity contribution in [2.45, 2.75) is 44.8 Å². The summed E-state index contributed by atoms with van der Waals surface area (Å²) >= 11 is 2.04. The summed E-state index contributed by atoms with van der Waals surface area (Å²) in [6, 6.07) is 11.8. The van der Waals surface area contributed by atoms with Crippen molar-refractivity contribution in [2.75, 3.05) is 32.1 Å². The van der Waals surface area contributed by atoms with Crippen LogP contribution in [0.2, 0.25) is 0 Å². The molecule has 4 nitrogen and oxygen atoms in total. The third-order valence-electron chi connectivity index (χ3n) is 4.61. The van der Waals surface area contributed by atoms with Crippen LogP contribution in [-0.2, 0) is 6.54 Å². The van der Waals surface area contributed by atoms with Crippen molar-refractivity contribution in [1.29, 1.82) is 0 Å². The van der Waals surface area contributed by atoms with Gasteiger partial charge in [0, 0.05) is 38.0 Å². The molecule has 1 fully saturated rings. The van der Waals surface area contributed by atoms with Gasteiger partial charge in [0.25, 0.3) is 0 Å². The highest BCUT2D eigenvalue weighted by atomic mass is 127. The van der Waals surface area contributed by atoms with Crippen LogP contribution in [0.4, 0.5) is 0 Å². The molecule has 1 aliphatic heterocycles. The van der Waals surface area contributed by atoms with Crippen LogP contribution in [0.15, 0.2) is 35.3 Å². The van der Waals surface area contributed by atoms with Gasteiger partial charge in [-0.25, -0.2) is 0 Å². The number of thioether (sulfide) groups is 1. The van der Waals surface area contributed by atoms with E-state index in [1.54, 1.807) is 0 Å². The molecular weight excluding hydrogens is 443 g/mol. The summed E-state index contributed by atoms with van der Waals surface area (Å²) in [6.07, 6.45) is 3.66. The fourth-order valence-corrected chi connectivity index (χ4v) is 3.96. The summed E-state index contributed by atoms with van der Waals surface area (Å²) in [6.45, 7) is 4.23. The highest BCUT2D eigenvalue weighted by Gasteiger charge is 2.15. The number of guanidine groups is 1. The van der Waals surface area contributed by atoms with Gasteiger partial charge in [-0.15, -0.1) is 24.0 Å². The average Bonchev–Trinajstić information content (AvgIpc) is 2.62. The van der Waals surface area contributed by atoms with E-state index in [9.17, 15) is 0 Å². The minimum atomic E-state index is 0. The van der Waals surface area contributed by atoms with E-state index in [0.717, 1.165) is 25.5 Å². The molecule has 1 saturated heterocycles. The van der Waals surface area contributed by atoms with Crippen LogP contribution in [0.1, 0.15) is 31.7 Å². The molecule has 25 heavy (non-hydrogen) atoms. The lowest BCUT2D eigenvalue weighted by atomic mass is 10.1. The van der Waals surface area contributed by atoms with Crippen molar-refractivity contribution >= 4 is 41.7 Å². The molecule has 0 amide bonds. The van der Waals surface area contributed by atoms with Crippen molar-refractivity contribution in [1.82, 2.24) is 15.5 Å². The van der Waals surface area contributed by atoms with Gasteiger partial charge in [0.15, 0.2) is 5.96 Å². The van der Waals surface area contributed by atoms with Crippen LogP contribution in [0.3, 0.4) is 0 Å². The molecule has 0 radical (unpaired) electrons. The number of hydrogen-bond donors (Lipinski definition) is 2. The molecule has 6 heteroatoms. The van der Waals surface area contributed by atoms with Crippen LogP contribution in [-0.4, -0.2) is 55.1 Å². The first-order valence-corrected chi connectivity index (χ1v) is 10.1. The molecule has 1 heterocycles. The fourth-order valence-electron chi connectivity index (χ4n) is 2.89. The molecular formula is C19H33IN4S. The first-order chi connectivity index (χ1) is 11.7. The Hall–Kier alpha value is -0.470. The lowest BCUT2D eigenvalue weighted by Crippen LogP contribution is -2.46. The van der Waals surface area contributed by atoms with Gasteiger partial charge in [-0.05, 0) is 44.6 Å². The first kappa shape index (κ1) is 22.6. The Kier molecular flexibility index (Phi) is 11.6. The second kappa shape index (κ2) is 12.8. The van der Waals surface area contributed by atoms with E-state index in [2.05, 4.69) is 64.8 Å². The van der Waals surface area contributed by atoms with Gasteiger partial charge in [0.05, 0.1) is 0 Å². The molecule has 1 aliphatic rings. The van der Waals surface area contributed by atoms with E-state index < -0.39 is 0 Å². The maximum Gasteiger partial charge on any atom is 0.191 e. The smallest absolute Gasteiger partial charge is 0.191 e. The highest BCUT2D eigenvalue weighted by molar-refractivity contribution is 14.0. The fraction of sp³-hybridized carbons (Fsp3) is 0.632. The number of hydrogen-bond acceptors (Lipinski definition) is 3. The number of nitrogens with zero attached hydrogens (tertiary/aromatic N) is 2. The van der Waals surface area contributed by atoms with E-state index in [-0.39, 0.29) is 24.0 Å². The maximum atomic E-state index is 4.36. The van der Waals surface area contributed by atoms with E-state index in [1.807, 2.05) is 18.8 Å². The van der Waals surface area contributed by atoms with Crippen molar-refractivity contribution in [2.24, 2.45) is 4.99 Å². The predicted molar refractivity (Wildman–Crippen MR) is 122 cm³/mol. The van der Waals surface area contributed by atoms with Gasteiger partial charge in [0.1, 0.15) is 0 Å². The van der Waals surface area contributed by atoms with Gasteiger partial charge in [-0.2, -0.15) is 11.8 Å². The maximum absolute atomic E-state index is 4.36. The summed E-state index contributed by atoms with van der Waals surface area (Å²) in [5.41, 5.74) is 1.37. The summed E-state index contributed by atoms with van der Waals surface area (Å²) in [5, 5.41) is 7.02. The van der Waals surface area contributed by atoms with Gasteiger partial charge in [-0.1, -0.05) is 30.3 Å². The molecule has 2 atom stereocenters. The summed E-state index contributed by atoms with van der Waals surface area (Å²) in [7, 11) is 4.06. The van der Waals surface area contributed by atoms with Crippen LogP contribution >= 0.6 is 35.7 Å². The second-order valence-corrected chi connectivity index (χ2v) is 7.75. The molecule has 2 rings (SSSR count). The van der Waals surface area contributed by atoms with Gasteiger partial charge in [0.2, 0.25) is 0 Å². The molecule has 0 spiro atoms. The Morgan fingerprint density at radius 1 is 1.36 bits per heavy atom. The first-order valence-electron chi connectivity index (χ1n) is 8.98. The quantitative estimate of drug-likeness (QED) is 0.359. The Balaban J connectivity index is 0.00000312. The standard InChI is InChI=1S/C19H32N4S.HI/c1-16(23(3)14-17-8-5-4-6-9-17)11-12-21-19(20-2)22-18-10-7-13-24-15-18;/h4-6,8-9,16,18H,7,10-15H2,1-3H3,(H2,20,21,22);1H. The topological polar surface area (TPSA) is 39.7 Å². The van der Waals surface area contributed by atoms with E-state index >= 15 is 0 Å². The number of nitrogens with one attached hydrogen (secondary N) is 2. The Bertz CT molecular complexity index is 491. The monoisotopic (exact) mass is 476 g/mol. The number of benzene rings is 1. The lowest BCUT2D eigenvalue weighted by Gasteiger charge is -2.27. The number of aliphatic imine (C=N–C) groups is 1. The van der Waals surface area contributed by atoms with Crippen molar-refractivity contribution < 1.29 is 0 Å². The van der Waals surface area contributed by atoms with Crippen LogP contribution in [0.5, 0.6) is 0 Å². The molecule has 1 aromatic rings. The summed E-state index contributed by atoms with van der Waals surface area (Å²) in [5.74, 6) is 3.44. The normalized spacial score (nSPS) is 19.2. The zero-order valence-corrected chi connectivity index (χ0v) is 18.8. The average molecular weight is 476 g/mol. The minimum Gasteiger partial charge on any atom is -0.356 e. The van der Waals surface area contributed by atoms with E-state index in [4.69, 9.17) is 0 Å². The SMILES string of the molecule is CN=C(NCCC(C)N(C)Cc1ccccc1)NC1CCCSC1.I. The third kappa shape index (κ3) is 8.64. The highest BCUT2D eigenvalue weighted by Crippen LogP contribution is 2.16. The number of halogens is 1. The second-order valence-electron chi connectivity index (χ2n) is 6.60. The molecule has 1 aromatic carbocycles. The zero-order chi connectivity index (χ0) is 17.2. The number of rotatable bonds is 7. The molecule has 0 aliphatic carbocycles. The van der Waals surface area contributed by atoms with Crippen molar-refractivity contribution in [3.05, 3.63) is 35.9 Å². The molecule has 2 unspecified atom stereocenters.